The fourth-order valence-electron chi connectivity index (χ4n) is 5.56. The molecule has 6 rings (SSSR count). The third-order valence-corrected chi connectivity index (χ3v) is 8.45. The highest BCUT2D eigenvalue weighted by molar-refractivity contribution is 5.88. The SMILES string of the molecule is CC(=COc1ccc2ccccc2c1)C(=O)OCCCOc1ccccc1-c1ccccc1OCCCOC(=O)C(C)=COc1ccc2ccccc2c1. The number of fused-ring (bicyclic) bond motifs is 2. The molecule has 0 heterocycles. The van der Waals surface area contributed by atoms with Gasteiger partial charge in [0.15, 0.2) is 0 Å². The predicted octanol–water partition coefficient (Wildman–Crippen LogP) is 10.2. The number of benzene rings is 6. The summed E-state index contributed by atoms with van der Waals surface area (Å²) in [6.07, 6.45) is 3.82. The number of hydrogen-bond donors (Lipinski definition) is 0. The number of carbonyl (C=O) groups excluding carboxylic acids is 2. The smallest absolute Gasteiger partial charge is 0.336 e. The second-order valence-corrected chi connectivity index (χ2v) is 12.5. The summed E-state index contributed by atoms with van der Waals surface area (Å²) in [5.41, 5.74) is 2.46. The lowest BCUT2D eigenvalue weighted by Crippen LogP contribution is -2.11. The molecule has 0 bridgehead atoms. The fourth-order valence-corrected chi connectivity index (χ4v) is 5.56. The summed E-state index contributed by atoms with van der Waals surface area (Å²) in [6, 6.07) is 43.0. The van der Waals surface area contributed by atoms with E-state index in [0.717, 1.165) is 32.7 Å². The second kappa shape index (κ2) is 18.8. The minimum Gasteiger partial charge on any atom is -0.493 e. The molecule has 0 saturated heterocycles. The molecule has 0 aliphatic carbocycles. The van der Waals surface area contributed by atoms with E-state index in [1.807, 2.05) is 133 Å². The molecule has 274 valence electrons. The Labute approximate surface area is 315 Å². The maximum absolute atomic E-state index is 12.5. The molecule has 0 spiro atoms. The summed E-state index contributed by atoms with van der Waals surface area (Å²) < 4.78 is 34.6. The predicted molar refractivity (Wildman–Crippen MR) is 211 cm³/mol. The van der Waals surface area contributed by atoms with Crippen LogP contribution < -0.4 is 18.9 Å². The van der Waals surface area contributed by atoms with Crippen molar-refractivity contribution in [3.63, 3.8) is 0 Å². The van der Waals surface area contributed by atoms with Gasteiger partial charge < -0.3 is 28.4 Å². The largest absolute Gasteiger partial charge is 0.493 e. The van der Waals surface area contributed by atoms with Gasteiger partial charge in [-0.15, -0.1) is 0 Å². The van der Waals surface area contributed by atoms with Gasteiger partial charge in [-0.05, 0) is 71.8 Å². The van der Waals surface area contributed by atoms with Gasteiger partial charge in [-0.2, -0.15) is 0 Å². The molecular weight excluding hydrogens is 680 g/mol. The fraction of sp³-hybridized carbons (Fsp3) is 0.174. The van der Waals surface area contributed by atoms with Crippen LogP contribution in [-0.4, -0.2) is 38.4 Å². The summed E-state index contributed by atoms with van der Waals surface area (Å²) in [6.45, 7) is 4.39. The van der Waals surface area contributed by atoms with Crippen molar-refractivity contribution in [2.45, 2.75) is 26.7 Å². The average Bonchev–Trinajstić information content (AvgIpc) is 3.21. The van der Waals surface area contributed by atoms with Crippen molar-refractivity contribution >= 4 is 33.5 Å². The Morgan fingerprint density at radius 3 is 1.30 bits per heavy atom. The Morgan fingerprint density at radius 2 is 0.852 bits per heavy atom. The van der Waals surface area contributed by atoms with Crippen molar-refractivity contribution in [3.8, 4) is 34.1 Å². The van der Waals surface area contributed by atoms with Gasteiger partial charge in [-0.1, -0.05) is 97.1 Å². The lowest BCUT2D eigenvalue weighted by molar-refractivity contribution is -0.140. The molecule has 0 amide bonds. The van der Waals surface area contributed by atoms with Gasteiger partial charge in [0.1, 0.15) is 35.5 Å². The monoisotopic (exact) mass is 722 g/mol. The third-order valence-electron chi connectivity index (χ3n) is 8.45. The highest BCUT2D eigenvalue weighted by Crippen LogP contribution is 2.36. The number of carbonyl (C=O) groups is 2. The van der Waals surface area contributed by atoms with Gasteiger partial charge in [0, 0.05) is 24.0 Å². The molecule has 8 heteroatoms. The highest BCUT2D eigenvalue weighted by Gasteiger charge is 2.13. The number of ether oxygens (including phenoxy) is 6. The van der Waals surface area contributed by atoms with E-state index in [1.54, 1.807) is 13.8 Å². The van der Waals surface area contributed by atoms with Crippen LogP contribution in [0.1, 0.15) is 26.7 Å². The number of para-hydroxylation sites is 2. The quantitative estimate of drug-likeness (QED) is 0.0398. The van der Waals surface area contributed by atoms with E-state index in [2.05, 4.69) is 0 Å². The average molecular weight is 723 g/mol. The number of hydrogen-bond acceptors (Lipinski definition) is 8. The minimum atomic E-state index is -0.449. The zero-order valence-electron chi connectivity index (χ0n) is 30.4. The molecule has 0 radical (unpaired) electrons. The first-order valence-corrected chi connectivity index (χ1v) is 17.9. The first-order valence-electron chi connectivity index (χ1n) is 17.9. The van der Waals surface area contributed by atoms with E-state index >= 15 is 0 Å². The summed E-state index contributed by atoms with van der Waals surface area (Å²) in [7, 11) is 0. The zero-order chi connectivity index (χ0) is 37.5. The van der Waals surface area contributed by atoms with E-state index in [1.165, 1.54) is 12.5 Å². The van der Waals surface area contributed by atoms with Crippen LogP contribution in [-0.2, 0) is 19.1 Å². The summed E-state index contributed by atoms with van der Waals surface area (Å²) in [5.74, 6) is 1.75. The maximum atomic E-state index is 12.5. The van der Waals surface area contributed by atoms with Crippen LogP contribution in [0.4, 0.5) is 0 Å². The molecule has 8 nitrogen and oxygen atoms in total. The van der Waals surface area contributed by atoms with Crippen molar-refractivity contribution in [2.75, 3.05) is 26.4 Å². The van der Waals surface area contributed by atoms with Crippen LogP contribution in [0, 0.1) is 0 Å². The molecule has 0 aliphatic rings. The molecule has 0 atom stereocenters. The van der Waals surface area contributed by atoms with Gasteiger partial charge in [0.25, 0.3) is 0 Å². The Hall–Kier alpha value is -6.54. The summed E-state index contributed by atoms with van der Waals surface area (Å²) in [4.78, 5) is 25.1. The second-order valence-electron chi connectivity index (χ2n) is 12.5. The lowest BCUT2D eigenvalue weighted by atomic mass is 10.0. The van der Waals surface area contributed by atoms with Crippen LogP contribution >= 0.6 is 0 Å². The van der Waals surface area contributed by atoms with Crippen molar-refractivity contribution < 1.29 is 38.0 Å². The van der Waals surface area contributed by atoms with Gasteiger partial charge in [0.2, 0.25) is 0 Å². The van der Waals surface area contributed by atoms with Crippen LogP contribution in [0.3, 0.4) is 0 Å². The summed E-state index contributed by atoms with van der Waals surface area (Å²) in [5, 5.41) is 4.34. The van der Waals surface area contributed by atoms with Crippen molar-refractivity contribution in [1.29, 1.82) is 0 Å². The van der Waals surface area contributed by atoms with E-state index in [4.69, 9.17) is 28.4 Å². The molecule has 6 aromatic rings. The van der Waals surface area contributed by atoms with Crippen molar-refractivity contribution in [1.82, 2.24) is 0 Å². The Morgan fingerprint density at radius 1 is 0.463 bits per heavy atom. The molecule has 0 fully saturated rings. The Bertz CT molecular complexity index is 2110. The number of rotatable bonds is 17. The topological polar surface area (TPSA) is 89.5 Å². The zero-order valence-corrected chi connectivity index (χ0v) is 30.4. The maximum Gasteiger partial charge on any atom is 0.336 e. The molecule has 0 aromatic heterocycles. The molecule has 54 heavy (non-hydrogen) atoms. The van der Waals surface area contributed by atoms with Crippen molar-refractivity contribution in [3.05, 3.63) is 157 Å². The van der Waals surface area contributed by atoms with Gasteiger partial charge in [-0.25, -0.2) is 9.59 Å². The molecule has 0 unspecified atom stereocenters. The molecule has 0 aliphatic heterocycles. The molecule has 0 saturated carbocycles. The van der Waals surface area contributed by atoms with E-state index in [-0.39, 0.29) is 13.2 Å². The van der Waals surface area contributed by atoms with E-state index < -0.39 is 11.9 Å². The molecule has 0 N–H and O–H groups in total. The van der Waals surface area contributed by atoms with Gasteiger partial charge in [0.05, 0.1) is 37.6 Å². The first kappa shape index (κ1) is 37.2. The number of esters is 2. The van der Waals surface area contributed by atoms with E-state index in [9.17, 15) is 9.59 Å². The highest BCUT2D eigenvalue weighted by atomic mass is 16.5. The van der Waals surface area contributed by atoms with Gasteiger partial charge in [-0.3, -0.25) is 0 Å². The molecule has 6 aromatic carbocycles. The normalized spacial score (nSPS) is 11.6. The van der Waals surface area contributed by atoms with Crippen LogP contribution in [0.15, 0.2) is 157 Å². The minimum absolute atomic E-state index is 0.194. The Kier molecular flexibility index (Phi) is 13.0. The Balaban J connectivity index is 0.925. The lowest BCUT2D eigenvalue weighted by Gasteiger charge is -2.15. The van der Waals surface area contributed by atoms with Gasteiger partial charge >= 0.3 is 11.9 Å². The molecular formula is C46H42O8. The van der Waals surface area contributed by atoms with Crippen LogP contribution in [0.5, 0.6) is 23.0 Å². The third kappa shape index (κ3) is 10.3. The van der Waals surface area contributed by atoms with E-state index in [0.29, 0.717) is 60.2 Å². The van der Waals surface area contributed by atoms with Crippen LogP contribution in [0.2, 0.25) is 0 Å². The summed E-state index contributed by atoms with van der Waals surface area (Å²) >= 11 is 0. The standard InChI is InChI=1S/C46H42O8/c1-33(31-53-39-23-21-35-13-3-5-15-37(35)29-39)45(47)51-27-11-25-49-43-19-9-7-17-41(43)42-18-8-10-20-44(42)50-26-12-28-52-46(48)34(2)32-54-40-24-22-36-14-4-6-16-38(36)30-40/h3-10,13-24,29-32H,11-12,25-28H2,1-2H3. The van der Waals surface area contributed by atoms with Crippen LogP contribution in [0.25, 0.3) is 32.7 Å². The van der Waals surface area contributed by atoms with Crippen molar-refractivity contribution in [2.24, 2.45) is 0 Å². The first-order chi connectivity index (χ1) is 26.4.